The Morgan fingerprint density at radius 2 is 1.00 bits per heavy atom. The van der Waals surface area contributed by atoms with Crippen LogP contribution in [0.15, 0.2) is 24.3 Å². The molecule has 0 amide bonds. The summed E-state index contributed by atoms with van der Waals surface area (Å²) in [5.41, 5.74) is 11.3. The molecule has 0 aromatic heterocycles. The van der Waals surface area contributed by atoms with Crippen molar-refractivity contribution in [2.75, 3.05) is 49.3 Å². The summed E-state index contributed by atoms with van der Waals surface area (Å²) in [4.78, 5) is 9.52. The van der Waals surface area contributed by atoms with Gasteiger partial charge in [-0.25, -0.2) is 0 Å². The van der Waals surface area contributed by atoms with Gasteiger partial charge in [0.1, 0.15) is 0 Å². The molecule has 0 heterocycles. The van der Waals surface area contributed by atoms with E-state index >= 15 is 0 Å². The van der Waals surface area contributed by atoms with Gasteiger partial charge in [0.15, 0.2) is 0 Å². The van der Waals surface area contributed by atoms with E-state index in [9.17, 15) is 0 Å². The van der Waals surface area contributed by atoms with Crippen LogP contribution in [0.4, 0.5) is 0 Å². The molecule has 0 radical (unpaired) electrons. The summed E-state index contributed by atoms with van der Waals surface area (Å²) in [7, 11) is 15.4. The average molecular weight is 476 g/mol. The number of hydrogen-bond acceptors (Lipinski definition) is 4. The molecule has 192 valence electrons. The van der Waals surface area contributed by atoms with Gasteiger partial charge in [0.25, 0.3) is 0 Å². The highest BCUT2D eigenvalue weighted by molar-refractivity contribution is 6.69. The van der Waals surface area contributed by atoms with Crippen molar-refractivity contribution in [2.24, 2.45) is 0 Å². The van der Waals surface area contributed by atoms with Gasteiger partial charge < -0.3 is 19.2 Å². The van der Waals surface area contributed by atoms with Gasteiger partial charge >= 0.3 is 14.0 Å². The number of hydrogen-bond donors (Lipinski definition) is 0. The zero-order valence-electron chi connectivity index (χ0n) is 25.1. The second kappa shape index (κ2) is 12.1. The first-order valence-electron chi connectivity index (χ1n) is 13.1. The van der Waals surface area contributed by atoms with E-state index in [0.717, 1.165) is 6.54 Å². The van der Waals surface area contributed by atoms with E-state index in [0.29, 0.717) is 11.8 Å². The monoisotopic (exact) mass is 476 g/mol. The Hall–Kier alpha value is -1.59. The zero-order chi connectivity index (χ0) is 26.8. The molecule has 0 aliphatic heterocycles. The van der Waals surface area contributed by atoms with Crippen LogP contribution in [-0.4, -0.2) is 82.5 Å². The lowest BCUT2D eigenvalue weighted by atomic mass is 9.58. The van der Waals surface area contributed by atoms with Crippen molar-refractivity contribution in [3.8, 4) is 0 Å². The smallest absolute Gasteiger partial charge is 0.330 e. The van der Waals surface area contributed by atoms with Crippen molar-refractivity contribution in [2.45, 2.75) is 66.8 Å². The maximum atomic E-state index is 2.50. The Kier molecular flexibility index (Phi) is 10.2. The van der Waals surface area contributed by atoms with Crippen LogP contribution in [0.1, 0.15) is 72.9 Å². The van der Waals surface area contributed by atoms with Crippen LogP contribution in [0, 0.1) is 20.8 Å². The van der Waals surface area contributed by atoms with Crippen molar-refractivity contribution < 1.29 is 0 Å². The lowest BCUT2D eigenvalue weighted by Gasteiger charge is -2.35. The number of aryl methyl sites for hydroxylation is 3. The van der Waals surface area contributed by atoms with Gasteiger partial charge in [-0.2, -0.15) is 0 Å². The van der Waals surface area contributed by atoms with Gasteiger partial charge in [-0.3, -0.25) is 0 Å². The SMILES string of the molecule is Cc1cc(C)c(B(N(C)C)N(C)Cc2cc(C(C)C)c(B(N(C)C)N(C)C)c(C(C)C)c2)c(C)c1. The van der Waals surface area contributed by atoms with E-state index in [4.69, 9.17) is 0 Å². The highest BCUT2D eigenvalue weighted by atomic mass is 15.2. The largest absolute Gasteiger partial charge is 0.346 e. The van der Waals surface area contributed by atoms with Crippen LogP contribution in [0.25, 0.3) is 0 Å². The Morgan fingerprint density at radius 1 is 0.600 bits per heavy atom. The number of nitrogens with zero attached hydrogens (tertiary/aromatic N) is 4. The molecular formula is C29H50B2N4. The standard InChI is InChI=1S/C29H50B2N4/c1-20(2)26-17-25(18-27(21(3)4)29(26)30(32(8)9)33(10)11)19-35(14)31(34(12)13)28-23(6)15-22(5)16-24(28)7/h15-18,20-21H,19H2,1-14H3. The molecule has 0 aliphatic rings. The summed E-state index contributed by atoms with van der Waals surface area (Å²) in [5, 5.41) is 0. The first-order valence-corrected chi connectivity index (χ1v) is 13.1. The second-order valence-corrected chi connectivity index (χ2v) is 11.9. The van der Waals surface area contributed by atoms with Crippen LogP contribution in [-0.2, 0) is 6.54 Å². The van der Waals surface area contributed by atoms with Crippen molar-refractivity contribution >= 4 is 24.9 Å². The lowest BCUT2D eigenvalue weighted by molar-refractivity contribution is 0.459. The predicted molar refractivity (Wildman–Crippen MR) is 159 cm³/mol. The molecule has 0 N–H and O–H groups in total. The third kappa shape index (κ3) is 6.80. The Labute approximate surface area is 217 Å². The molecule has 0 unspecified atom stereocenters. The average Bonchev–Trinajstić information content (AvgIpc) is 2.69. The van der Waals surface area contributed by atoms with Gasteiger partial charge in [0.2, 0.25) is 0 Å². The van der Waals surface area contributed by atoms with Crippen molar-refractivity contribution in [1.29, 1.82) is 0 Å². The van der Waals surface area contributed by atoms with E-state index in [-0.39, 0.29) is 14.0 Å². The summed E-state index contributed by atoms with van der Waals surface area (Å²) < 4.78 is 0. The Bertz CT molecular complexity index is 938. The van der Waals surface area contributed by atoms with Gasteiger partial charge in [0, 0.05) is 6.54 Å². The summed E-state index contributed by atoms with van der Waals surface area (Å²) in [6, 6.07) is 9.59. The summed E-state index contributed by atoms with van der Waals surface area (Å²) in [5.74, 6) is 0.919. The first-order chi connectivity index (χ1) is 16.2. The molecule has 0 spiro atoms. The molecule has 0 saturated heterocycles. The highest BCUT2D eigenvalue weighted by Crippen LogP contribution is 2.25. The molecular weight excluding hydrogens is 426 g/mol. The van der Waals surface area contributed by atoms with E-state index in [1.165, 1.54) is 44.3 Å². The van der Waals surface area contributed by atoms with Gasteiger partial charge in [0.05, 0.1) is 0 Å². The number of rotatable bonds is 10. The molecule has 2 aromatic carbocycles. The topological polar surface area (TPSA) is 13.0 Å². The zero-order valence-corrected chi connectivity index (χ0v) is 25.1. The maximum Gasteiger partial charge on any atom is 0.346 e. The predicted octanol–water partition coefficient (Wildman–Crippen LogP) is 4.07. The van der Waals surface area contributed by atoms with Crippen molar-refractivity contribution in [3.05, 3.63) is 57.6 Å². The van der Waals surface area contributed by atoms with Gasteiger partial charge in [-0.15, -0.1) is 0 Å². The molecule has 35 heavy (non-hydrogen) atoms. The molecule has 0 bridgehead atoms. The highest BCUT2D eigenvalue weighted by Gasteiger charge is 2.32. The van der Waals surface area contributed by atoms with Crippen LogP contribution in [0.3, 0.4) is 0 Å². The second-order valence-electron chi connectivity index (χ2n) is 11.9. The van der Waals surface area contributed by atoms with E-state index in [1.807, 2.05) is 0 Å². The normalized spacial score (nSPS) is 12.2. The fourth-order valence-electron chi connectivity index (χ4n) is 5.93. The molecule has 2 rings (SSSR count). The van der Waals surface area contributed by atoms with E-state index in [1.54, 1.807) is 0 Å². The minimum atomic E-state index is 0.219. The number of benzene rings is 2. The van der Waals surface area contributed by atoms with Crippen LogP contribution in [0.5, 0.6) is 0 Å². The molecule has 0 atom stereocenters. The van der Waals surface area contributed by atoms with Gasteiger partial charge in [-0.05, 0) is 110 Å². The third-order valence-electron chi connectivity index (χ3n) is 7.12. The molecule has 0 fully saturated rings. The van der Waals surface area contributed by atoms with Crippen LogP contribution in [0.2, 0.25) is 0 Å². The lowest BCUT2D eigenvalue weighted by Crippen LogP contribution is -2.58. The third-order valence-corrected chi connectivity index (χ3v) is 7.12. The minimum absolute atomic E-state index is 0.219. The van der Waals surface area contributed by atoms with Crippen molar-refractivity contribution in [1.82, 2.24) is 19.2 Å². The molecule has 0 aliphatic carbocycles. The first kappa shape index (κ1) is 29.6. The van der Waals surface area contributed by atoms with Crippen LogP contribution >= 0.6 is 0 Å². The molecule has 6 heteroatoms. The maximum absolute atomic E-state index is 2.50. The summed E-state index contributed by atoms with van der Waals surface area (Å²) >= 11 is 0. The molecule has 4 nitrogen and oxygen atoms in total. The summed E-state index contributed by atoms with van der Waals surface area (Å²) in [6.07, 6.45) is 0. The van der Waals surface area contributed by atoms with E-state index in [2.05, 4.69) is 141 Å². The minimum Gasteiger partial charge on any atom is -0.330 e. The fourth-order valence-corrected chi connectivity index (χ4v) is 5.93. The fraction of sp³-hybridized carbons (Fsp3) is 0.586. The van der Waals surface area contributed by atoms with Crippen LogP contribution < -0.4 is 10.9 Å². The van der Waals surface area contributed by atoms with Gasteiger partial charge in [-0.1, -0.05) is 68.7 Å². The van der Waals surface area contributed by atoms with E-state index < -0.39 is 0 Å². The molecule has 0 saturated carbocycles. The Balaban J connectivity index is 2.62. The summed E-state index contributed by atoms with van der Waals surface area (Å²) in [6.45, 7) is 17.4. The Morgan fingerprint density at radius 3 is 1.34 bits per heavy atom. The molecule has 2 aromatic rings. The quantitative estimate of drug-likeness (QED) is 0.480. The van der Waals surface area contributed by atoms with Crippen molar-refractivity contribution in [3.63, 3.8) is 0 Å².